The smallest absolute Gasteiger partial charge is 0.260 e. The molecule has 0 radical (unpaired) electrons. The van der Waals surface area contributed by atoms with Crippen molar-refractivity contribution in [2.24, 2.45) is 5.92 Å². The third kappa shape index (κ3) is 3.74. The fraction of sp³-hybridized carbons (Fsp3) is 0.500. The van der Waals surface area contributed by atoms with Gasteiger partial charge in [0.15, 0.2) is 6.10 Å². The number of amides is 1. The lowest BCUT2D eigenvalue weighted by Gasteiger charge is -2.15. The first-order valence-electron chi connectivity index (χ1n) is 6.33. The van der Waals surface area contributed by atoms with E-state index in [-0.39, 0.29) is 12.5 Å². The van der Waals surface area contributed by atoms with Crippen LogP contribution in [0.1, 0.15) is 25.3 Å². The molecule has 18 heavy (non-hydrogen) atoms. The quantitative estimate of drug-likeness (QED) is 0.802. The predicted molar refractivity (Wildman–Crippen MR) is 68.2 cm³/mol. The van der Waals surface area contributed by atoms with Crippen molar-refractivity contribution in [1.82, 2.24) is 5.32 Å². The van der Waals surface area contributed by atoms with Crippen LogP contribution in [-0.4, -0.2) is 23.7 Å². The Morgan fingerprint density at radius 1 is 1.56 bits per heavy atom. The lowest BCUT2D eigenvalue weighted by Crippen LogP contribution is -2.37. The summed E-state index contributed by atoms with van der Waals surface area (Å²) in [6.45, 7) is 2.45. The second kappa shape index (κ2) is 5.87. The van der Waals surface area contributed by atoms with Gasteiger partial charge in [-0.25, -0.2) is 0 Å². The van der Waals surface area contributed by atoms with E-state index >= 15 is 0 Å². The molecule has 1 amide bonds. The third-order valence-electron chi connectivity index (χ3n) is 3.02. The number of aliphatic hydroxyl groups is 1. The molecule has 0 heterocycles. The fourth-order valence-electron chi connectivity index (χ4n) is 1.69. The van der Waals surface area contributed by atoms with Crippen molar-refractivity contribution in [2.75, 3.05) is 6.54 Å². The molecule has 1 aliphatic carbocycles. The van der Waals surface area contributed by atoms with Crippen molar-refractivity contribution in [2.45, 2.75) is 32.5 Å². The maximum atomic E-state index is 11.7. The zero-order chi connectivity index (χ0) is 13.0. The maximum Gasteiger partial charge on any atom is 0.260 e. The molecule has 1 aromatic rings. The van der Waals surface area contributed by atoms with Gasteiger partial charge >= 0.3 is 0 Å². The Kier molecular flexibility index (Phi) is 4.20. The van der Waals surface area contributed by atoms with Crippen molar-refractivity contribution in [3.8, 4) is 5.75 Å². The Labute approximate surface area is 107 Å². The summed E-state index contributed by atoms with van der Waals surface area (Å²) in [6, 6.07) is 7.13. The first kappa shape index (κ1) is 12.9. The van der Waals surface area contributed by atoms with Crippen molar-refractivity contribution in [3.05, 3.63) is 29.8 Å². The summed E-state index contributed by atoms with van der Waals surface area (Å²) >= 11 is 0. The second-order valence-corrected chi connectivity index (χ2v) is 4.75. The Bertz CT molecular complexity index is 415. The number of carbonyl (C=O) groups is 1. The van der Waals surface area contributed by atoms with Gasteiger partial charge in [-0.15, -0.1) is 0 Å². The molecule has 2 N–H and O–H groups in total. The van der Waals surface area contributed by atoms with Gasteiger partial charge in [0.25, 0.3) is 5.91 Å². The van der Waals surface area contributed by atoms with Crippen LogP contribution < -0.4 is 10.1 Å². The molecule has 1 aromatic carbocycles. The van der Waals surface area contributed by atoms with Crippen LogP contribution >= 0.6 is 0 Å². The summed E-state index contributed by atoms with van der Waals surface area (Å²) < 4.78 is 5.55. The van der Waals surface area contributed by atoms with Crippen LogP contribution in [0.25, 0.3) is 0 Å². The zero-order valence-corrected chi connectivity index (χ0v) is 10.6. The lowest BCUT2D eigenvalue weighted by atomic mass is 10.2. The predicted octanol–water partition coefficient (Wildman–Crippen LogP) is 1.47. The Morgan fingerprint density at radius 2 is 2.33 bits per heavy atom. The SMILES string of the molecule is CC(Oc1cccc(CO)c1)C(=O)NCC1CC1. The Balaban J connectivity index is 1.84. The van der Waals surface area contributed by atoms with E-state index in [1.54, 1.807) is 25.1 Å². The molecule has 1 aliphatic rings. The first-order valence-corrected chi connectivity index (χ1v) is 6.33. The minimum absolute atomic E-state index is 0.0283. The number of hydrogen-bond acceptors (Lipinski definition) is 3. The van der Waals surface area contributed by atoms with Crippen molar-refractivity contribution < 1.29 is 14.6 Å². The average molecular weight is 249 g/mol. The molecule has 4 nitrogen and oxygen atoms in total. The monoisotopic (exact) mass is 249 g/mol. The lowest BCUT2D eigenvalue weighted by molar-refractivity contribution is -0.127. The summed E-state index contributed by atoms with van der Waals surface area (Å²) in [5.74, 6) is 1.19. The second-order valence-electron chi connectivity index (χ2n) is 4.75. The van der Waals surface area contributed by atoms with Gasteiger partial charge in [0, 0.05) is 6.54 Å². The molecule has 1 atom stereocenters. The van der Waals surface area contributed by atoms with Gasteiger partial charge in [0.1, 0.15) is 5.75 Å². The Morgan fingerprint density at radius 3 is 3.00 bits per heavy atom. The largest absolute Gasteiger partial charge is 0.481 e. The molecule has 1 fully saturated rings. The number of hydrogen-bond donors (Lipinski definition) is 2. The van der Waals surface area contributed by atoms with E-state index in [4.69, 9.17) is 9.84 Å². The molecule has 2 rings (SSSR count). The van der Waals surface area contributed by atoms with Crippen LogP contribution in [0.5, 0.6) is 5.75 Å². The topological polar surface area (TPSA) is 58.6 Å². The molecule has 1 unspecified atom stereocenters. The van der Waals surface area contributed by atoms with E-state index in [0.717, 1.165) is 12.1 Å². The van der Waals surface area contributed by atoms with Gasteiger partial charge in [0.2, 0.25) is 0 Å². The average Bonchev–Trinajstić information content (AvgIpc) is 3.20. The van der Waals surface area contributed by atoms with E-state index in [0.29, 0.717) is 11.7 Å². The number of nitrogens with one attached hydrogen (secondary N) is 1. The third-order valence-corrected chi connectivity index (χ3v) is 3.02. The Hall–Kier alpha value is -1.55. The molecule has 1 saturated carbocycles. The maximum absolute atomic E-state index is 11.7. The van der Waals surface area contributed by atoms with Gasteiger partial charge < -0.3 is 15.2 Å². The van der Waals surface area contributed by atoms with E-state index < -0.39 is 6.10 Å². The number of aliphatic hydroxyl groups excluding tert-OH is 1. The summed E-state index contributed by atoms with van der Waals surface area (Å²) in [4.78, 5) is 11.7. The van der Waals surface area contributed by atoms with Crippen LogP contribution in [-0.2, 0) is 11.4 Å². The van der Waals surface area contributed by atoms with Crippen LogP contribution in [0.3, 0.4) is 0 Å². The fourth-order valence-corrected chi connectivity index (χ4v) is 1.69. The van der Waals surface area contributed by atoms with E-state index in [1.807, 2.05) is 6.07 Å². The first-order chi connectivity index (χ1) is 8.69. The summed E-state index contributed by atoms with van der Waals surface area (Å²) in [5, 5.41) is 11.9. The summed E-state index contributed by atoms with van der Waals surface area (Å²) in [5.41, 5.74) is 0.776. The molecular weight excluding hydrogens is 230 g/mol. The number of ether oxygens (including phenoxy) is 1. The van der Waals surface area contributed by atoms with E-state index in [2.05, 4.69) is 5.32 Å². The van der Waals surface area contributed by atoms with Crippen LogP contribution in [0.4, 0.5) is 0 Å². The summed E-state index contributed by atoms with van der Waals surface area (Å²) in [6.07, 6.45) is 1.92. The van der Waals surface area contributed by atoms with Gasteiger partial charge in [0.05, 0.1) is 6.61 Å². The highest BCUT2D eigenvalue weighted by Crippen LogP contribution is 2.27. The van der Waals surface area contributed by atoms with Gasteiger partial charge in [-0.2, -0.15) is 0 Å². The molecule has 0 saturated heterocycles. The van der Waals surface area contributed by atoms with Gasteiger partial charge in [-0.1, -0.05) is 12.1 Å². The number of carbonyl (C=O) groups excluding carboxylic acids is 1. The number of benzene rings is 1. The highest BCUT2D eigenvalue weighted by Gasteiger charge is 2.23. The highest BCUT2D eigenvalue weighted by atomic mass is 16.5. The van der Waals surface area contributed by atoms with Crippen LogP contribution in [0.2, 0.25) is 0 Å². The standard InChI is InChI=1S/C14H19NO3/c1-10(14(17)15-8-11-5-6-11)18-13-4-2-3-12(7-13)9-16/h2-4,7,10-11,16H,5-6,8-9H2,1H3,(H,15,17). The molecule has 0 aliphatic heterocycles. The van der Waals surface area contributed by atoms with E-state index in [9.17, 15) is 4.79 Å². The molecule has 0 spiro atoms. The normalized spacial score (nSPS) is 16.1. The molecule has 4 heteroatoms. The molecule has 0 bridgehead atoms. The minimum Gasteiger partial charge on any atom is -0.481 e. The highest BCUT2D eigenvalue weighted by molar-refractivity contribution is 5.80. The van der Waals surface area contributed by atoms with Crippen molar-refractivity contribution in [3.63, 3.8) is 0 Å². The zero-order valence-electron chi connectivity index (χ0n) is 10.6. The minimum atomic E-state index is -0.516. The molecule has 98 valence electrons. The van der Waals surface area contributed by atoms with Gasteiger partial charge in [-0.05, 0) is 43.4 Å². The number of rotatable bonds is 6. The summed E-state index contributed by atoms with van der Waals surface area (Å²) in [7, 11) is 0. The molecule has 0 aromatic heterocycles. The van der Waals surface area contributed by atoms with Crippen molar-refractivity contribution in [1.29, 1.82) is 0 Å². The van der Waals surface area contributed by atoms with Crippen LogP contribution in [0.15, 0.2) is 24.3 Å². The van der Waals surface area contributed by atoms with Crippen LogP contribution in [0, 0.1) is 5.92 Å². The van der Waals surface area contributed by atoms with Gasteiger partial charge in [-0.3, -0.25) is 4.79 Å². The van der Waals surface area contributed by atoms with E-state index in [1.165, 1.54) is 12.8 Å². The van der Waals surface area contributed by atoms with Crippen molar-refractivity contribution >= 4 is 5.91 Å². The molecular formula is C14H19NO3.